The van der Waals surface area contributed by atoms with E-state index >= 15 is 0 Å². The Hall–Kier alpha value is -2.80. The maximum atomic E-state index is 11.5. The van der Waals surface area contributed by atoms with Crippen molar-refractivity contribution in [2.24, 2.45) is 0 Å². The van der Waals surface area contributed by atoms with E-state index in [9.17, 15) is 9.90 Å². The third-order valence-corrected chi connectivity index (χ3v) is 5.78. The first-order valence-corrected chi connectivity index (χ1v) is 11.1. The van der Waals surface area contributed by atoms with E-state index in [1.807, 2.05) is 29.2 Å². The molecule has 0 unspecified atom stereocenters. The maximum Gasteiger partial charge on any atom is 0.339 e. The number of benzene rings is 2. The van der Waals surface area contributed by atoms with E-state index in [4.69, 9.17) is 27.9 Å². The maximum absolute atomic E-state index is 11.5. The summed E-state index contributed by atoms with van der Waals surface area (Å²) in [5.74, 6) is 0.379. The standard InChI is InChI=1S/C24H23Cl2N3O3/c25-19-12-18(13-20(26)14-19)16-32-21-5-3-17(4-6-21)15-28-8-10-29(11-9-28)23-22(24(30)31)2-1-7-27-23/h1-7,12-14H,8-11,15-16H2,(H,30,31). The van der Waals surface area contributed by atoms with E-state index < -0.39 is 5.97 Å². The minimum atomic E-state index is -0.948. The summed E-state index contributed by atoms with van der Waals surface area (Å²) in [5, 5.41) is 10.6. The number of carboxylic acid groups (broad SMARTS) is 1. The number of rotatable bonds is 7. The van der Waals surface area contributed by atoms with Gasteiger partial charge in [0.05, 0.1) is 0 Å². The number of aromatic carboxylic acids is 1. The first kappa shape index (κ1) is 22.4. The van der Waals surface area contributed by atoms with Gasteiger partial charge in [-0.15, -0.1) is 0 Å². The molecule has 3 aromatic rings. The van der Waals surface area contributed by atoms with Crippen LogP contribution in [0.15, 0.2) is 60.8 Å². The number of anilines is 1. The summed E-state index contributed by atoms with van der Waals surface area (Å²) < 4.78 is 5.85. The van der Waals surface area contributed by atoms with Crippen LogP contribution in [0, 0.1) is 0 Å². The van der Waals surface area contributed by atoms with Gasteiger partial charge in [-0.2, -0.15) is 0 Å². The van der Waals surface area contributed by atoms with Crippen molar-refractivity contribution in [3.05, 3.63) is 87.5 Å². The summed E-state index contributed by atoms with van der Waals surface area (Å²) in [4.78, 5) is 20.1. The molecule has 2 aromatic carbocycles. The molecule has 0 aliphatic carbocycles. The normalized spacial score (nSPS) is 14.4. The number of carbonyl (C=O) groups is 1. The second kappa shape index (κ2) is 10.2. The van der Waals surface area contributed by atoms with Gasteiger partial charge in [0.25, 0.3) is 0 Å². The zero-order chi connectivity index (χ0) is 22.5. The van der Waals surface area contributed by atoms with Crippen LogP contribution < -0.4 is 9.64 Å². The van der Waals surface area contributed by atoms with Gasteiger partial charge in [-0.05, 0) is 53.6 Å². The zero-order valence-electron chi connectivity index (χ0n) is 17.4. The lowest BCUT2D eigenvalue weighted by atomic mass is 10.1. The van der Waals surface area contributed by atoms with Crippen LogP contribution in [0.1, 0.15) is 21.5 Å². The molecular formula is C24H23Cl2N3O3. The van der Waals surface area contributed by atoms with Crippen molar-refractivity contribution < 1.29 is 14.6 Å². The molecule has 1 N–H and O–H groups in total. The molecule has 6 nitrogen and oxygen atoms in total. The average molecular weight is 472 g/mol. The number of hydrogen-bond acceptors (Lipinski definition) is 5. The van der Waals surface area contributed by atoms with Gasteiger partial charge in [0.1, 0.15) is 23.7 Å². The molecule has 1 saturated heterocycles. The Balaban J connectivity index is 1.29. The highest BCUT2D eigenvalue weighted by Crippen LogP contribution is 2.22. The SMILES string of the molecule is O=C(O)c1cccnc1N1CCN(Cc2ccc(OCc3cc(Cl)cc(Cl)c3)cc2)CC1. The Kier molecular flexibility index (Phi) is 7.15. The van der Waals surface area contributed by atoms with Crippen LogP contribution in [0.25, 0.3) is 0 Å². The summed E-state index contributed by atoms with van der Waals surface area (Å²) in [7, 11) is 0. The summed E-state index contributed by atoms with van der Waals surface area (Å²) in [6, 6.07) is 16.7. The van der Waals surface area contributed by atoms with Crippen molar-refractivity contribution in [1.29, 1.82) is 0 Å². The fraction of sp³-hybridized carbons (Fsp3) is 0.250. The number of piperazine rings is 1. The minimum Gasteiger partial charge on any atom is -0.489 e. The molecule has 0 amide bonds. The third kappa shape index (κ3) is 5.71. The Morgan fingerprint density at radius 1 is 0.969 bits per heavy atom. The van der Waals surface area contributed by atoms with Crippen LogP contribution >= 0.6 is 23.2 Å². The molecule has 1 aliphatic heterocycles. The lowest BCUT2D eigenvalue weighted by Crippen LogP contribution is -2.46. The number of nitrogens with zero attached hydrogens (tertiary/aromatic N) is 3. The predicted octanol–water partition coefficient (Wildman–Crippen LogP) is 4.99. The van der Waals surface area contributed by atoms with Gasteiger partial charge in [-0.1, -0.05) is 35.3 Å². The summed E-state index contributed by atoms with van der Waals surface area (Å²) >= 11 is 12.1. The Labute approximate surface area is 197 Å². The first-order valence-electron chi connectivity index (χ1n) is 10.3. The number of pyridine rings is 1. The van der Waals surface area contributed by atoms with Gasteiger partial charge in [-0.3, -0.25) is 4.90 Å². The van der Waals surface area contributed by atoms with Gasteiger partial charge >= 0.3 is 5.97 Å². The van der Waals surface area contributed by atoms with Crippen LogP contribution in [0.4, 0.5) is 5.82 Å². The molecule has 0 atom stereocenters. The molecule has 32 heavy (non-hydrogen) atoms. The molecule has 0 radical (unpaired) electrons. The molecule has 0 bridgehead atoms. The monoisotopic (exact) mass is 471 g/mol. The Morgan fingerprint density at radius 3 is 2.31 bits per heavy atom. The van der Waals surface area contributed by atoms with Crippen molar-refractivity contribution in [2.45, 2.75) is 13.2 Å². The molecule has 1 fully saturated rings. The van der Waals surface area contributed by atoms with E-state index in [2.05, 4.69) is 22.0 Å². The Bertz CT molecular complexity index is 1060. The van der Waals surface area contributed by atoms with Crippen LogP contribution in [0.3, 0.4) is 0 Å². The lowest BCUT2D eigenvalue weighted by Gasteiger charge is -2.35. The van der Waals surface area contributed by atoms with E-state index in [1.165, 1.54) is 5.56 Å². The second-order valence-corrected chi connectivity index (χ2v) is 8.53. The molecule has 1 aliphatic rings. The average Bonchev–Trinajstić information content (AvgIpc) is 2.78. The van der Waals surface area contributed by atoms with Crippen LogP contribution in [0.5, 0.6) is 5.75 Å². The van der Waals surface area contributed by atoms with Crippen LogP contribution in [-0.4, -0.2) is 47.1 Å². The third-order valence-electron chi connectivity index (χ3n) is 5.35. The van der Waals surface area contributed by atoms with Crippen molar-refractivity contribution >= 4 is 35.0 Å². The van der Waals surface area contributed by atoms with E-state index in [0.29, 0.717) is 22.5 Å². The van der Waals surface area contributed by atoms with Gasteiger partial charge in [0, 0.05) is 49.0 Å². The highest BCUT2D eigenvalue weighted by Gasteiger charge is 2.22. The molecule has 1 aromatic heterocycles. The Morgan fingerprint density at radius 2 is 1.66 bits per heavy atom. The molecule has 166 valence electrons. The topological polar surface area (TPSA) is 65.9 Å². The van der Waals surface area contributed by atoms with E-state index in [1.54, 1.807) is 24.4 Å². The number of ether oxygens (including phenoxy) is 1. The molecule has 0 saturated carbocycles. The highest BCUT2D eigenvalue weighted by atomic mass is 35.5. The van der Waals surface area contributed by atoms with Gasteiger partial charge in [0.15, 0.2) is 0 Å². The fourth-order valence-corrected chi connectivity index (χ4v) is 4.32. The van der Waals surface area contributed by atoms with Crippen molar-refractivity contribution in [1.82, 2.24) is 9.88 Å². The summed E-state index contributed by atoms with van der Waals surface area (Å²) in [5.41, 5.74) is 2.36. The molecule has 4 rings (SSSR count). The molecule has 0 spiro atoms. The van der Waals surface area contributed by atoms with E-state index in [-0.39, 0.29) is 5.56 Å². The molecule has 2 heterocycles. The van der Waals surface area contributed by atoms with Gasteiger partial charge < -0.3 is 14.7 Å². The number of hydrogen-bond donors (Lipinski definition) is 1. The van der Waals surface area contributed by atoms with Gasteiger partial charge in [0.2, 0.25) is 0 Å². The van der Waals surface area contributed by atoms with Crippen molar-refractivity contribution in [3.63, 3.8) is 0 Å². The summed E-state index contributed by atoms with van der Waals surface area (Å²) in [6.45, 7) is 4.37. The highest BCUT2D eigenvalue weighted by molar-refractivity contribution is 6.34. The van der Waals surface area contributed by atoms with Crippen LogP contribution in [0.2, 0.25) is 10.0 Å². The first-order chi connectivity index (χ1) is 15.5. The smallest absolute Gasteiger partial charge is 0.339 e. The quantitative estimate of drug-likeness (QED) is 0.523. The summed E-state index contributed by atoms with van der Waals surface area (Å²) in [6.07, 6.45) is 1.64. The predicted molar refractivity (Wildman–Crippen MR) is 126 cm³/mol. The van der Waals surface area contributed by atoms with Crippen molar-refractivity contribution in [2.75, 3.05) is 31.1 Å². The zero-order valence-corrected chi connectivity index (χ0v) is 18.9. The number of carboxylic acids is 1. The van der Waals surface area contributed by atoms with E-state index in [0.717, 1.165) is 44.0 Å². The second-order valence-electron chi connectivity index (χ2n) is 7.65. The lowest BCUT2D eigenvalue weighted by molar-refractivity contribution is 0.0697. The minimum absolute atomic E-state index is 0.247. The fourth-order valence-electron chi connectivity index (χ4n) is 3.74. The number of halogens is 2. The van der Waals surface area contributed by atoms with Crippen LogP contribution in [-0.2, 0) is 13.2 Å². The molecular weight excluding hydrogens is 449 g/mol. The number of aromatic nitrogens is 1. The van der Waals surface area contributed by atoms with Crippen molar-refractivity contribution in [3.8, 4) is 5.75 Å². The molecule has 8 heteroatoms. The van der Waals surface area contributed by atoms with Gasteiger partial charge in [-0.25, -0.2) is 9.78 Å². The largest absolute Gasteiger partial charge is 0.489 e.